The molecule has 1 aliphatic rings. The summed E-state index contributed by atoms with van der Waals surface area (Å²) >= 11 is 3.15. The van der Waals surface area contributed by atoms with Gasteiger partial charge in [0.2, 0.25) is 0 Å². The molecule has 0 aliphatic carbocycles. The van der Waals surface area contributed by atoms with Crippen molar-refractivity contribution in [2.75, 3.05) is 18.6 Å². The zero-order valence-corrected chi connectivity index (χ0v) is 14.5. The van der Waals surface area contributed by atoms with Gasteiger partial charge < -0.3 is 10.1 Å². The molecular formula is C17H15BrF2N2O2. The third-order valence-corrected chi connectivity index (χ3v) is 4.52. The van der Waals surface area contributed by atoms with E-state index >= 15 is 0 Å². The number of fused-ring (bicyclic) bond motifs is 1. The number of amides is 2. The van der Waals surface area contributed by atoms with E-state index in [1.165, 1.54) is 24.1 Å². The minimum Gasteiger partial charge on any atom is -0.497 e. The largest absolute Gasteiger partial charge is 0.497 e. The summed E-state index contributed by atoms with van der Waals surface area (Å²) in [6.07, 6.45) is 0.460. The second kappa shape index (κ2) is 6.76. The van der Waals surface area contributed by atoms with Crippen LogP contribution in [0.3, 0.4) is 0 Å². The molecule has 0 bridgehead atoms. The average Bonchev–Trinajstić information content (AvgIpc) is 3.00. The maximum atomic E-state index is 14.1. The minimum atomic E-state index is -0.433. The number of hydrogen-bond acceptors (Lipinski definition) is 2. The Morgan fingerprint density at radius 2 is 2.12 bits per heavy atom. The maximum absolute atomic E-state index is 14.1. The smallest absolute Gasteiger partial charge is 0.322 e. The molecule has 0 saturated heterocycles. The quantitative estimate of drug-likeness (QED) is 0.851. The van der Waals surface area contributed by atoms with Gasteiger partial charge in [-0.3, -0.25) is 4.90 Å². The first kappa shape index (κ1) is 16.7. The summed E-state index contributed by atoms with van der Waals surface area (Å²) in [5.41, 5.74) is 1.67. The summed E-state index contributed by atoms with van der Waals surface area (Å²) < 4.78 is 32.9. The van der Waals surface area contributed by atoms with Crippen molar-refractivity contribution in [1.82, 2.24) is 5.32 Å². The number of carbonyl (C=O) groups excluding carboxylic acids is 1. The van der Waals surface area contributed by atoms with Gasteiger partial charge in [-0.25, -0.2) is 13.6 Å². The monoisotopic (exact) mass is 396 g/mol. The summed E-state index contributed by atoms with van der Waals surface area (Å²) in [5.74, 6) is -0.382. The first-order chi connectivity index (χ1) is 11.5. The molecule has 126 valence electrons. The van der Waals surface area contributed by atoms with Crippen molar-refractivity contribution in [3.8, 4) is 5.75 Å². The van der Waals surface area contributed by atoms with E-state index in [0.717, 1.165) is 0 Å². The van der Waals surface area contributed by atoms with Crippen molar-refractivity contribution in [3.05, 3.63) is 57.6 Å². The van der Waals surface area contributed by atoms with Crippen LogP contribution >= 0.6 is 15.9 Å². The lowest BCUT2D eigenvalue weighted by Crippen LogP contribution is -2.38. The number of carbonyl (C=O) groups is 1. The molecule has 4 nitrogen and oxygen atoms in total. The summed E-state index contributed by atoms with van der Waals surface area (Å²) in [4.78, 5) is 13.9. The first-order valence-electron chi connectivity index (χ1n) is 7.35. The highest BCUT2D eigenvalue weighted by molar-refractivity contribution is 9.10. The van der Waals surface area contributed by atoms with Crippen molar-refractivity contribution >= 4 is 27.6 Å². The highest BCUT2D eigenvalue weighted by Crippen LogP contribution is 2.33. The van der Waals surface area contributed by atoms with Gasteiger partial charge >= 0.3 is 6.03 Å². The minimum absolute atomic E-state index is 0.151. The van der Waals surface area contributed by atoms with Gasteiger partial charge in [0.25, 0.3) is 0 Å². The van der Waals surface area contributed by atoms with Crippen LogP contribution in [0.25, 0.3) is 0 Å². The molecule has 0 atom stereocenters. The molecule has 0 fully saturated rings. The normalized spacial score (nSPS) is 12.9. The molecule has 2 amide bonds. The van der Waals surface area contributed by atoms with E-state index in [1.807, 2.05) is 0 Å². The number of benzene rings is 2. The Hall–Kier alpha value is -2.15. The van der Waals surface area contributed by atoms with E-state index in [2.05, 4.69) is 21.2 Å². The van der Waals surface area contributed by atoms with Crippen molar-refractivity contribution in [2.45, 2.75) is 13.0 Å². The molecule has 24 heavy (non-hydrogen) atoms. The fourth-order valence-corrected chi connectivity index (χ4v) is 3.11. The van der Waals surface area contributed by atoms with Crippen molar-refractivity contribution in [2.24, 2.45) is 0 Å². The van der Waals surface area contributed by atoms with Crippen molar-refractivity contribution < 1.29 is 18.3 Å². The molecule has 0 spiro atoms. The number of anilines is 1. The maximum Gasteiger partial charge on any atom is 0.322 e. The fourth-order valence-electron chi connectivity index (χ4n) is 2.74. The van der Waals surface area contributed by atoms with E-state index in [4.69, 9.17) is 4.74 Å². The number of rotatable bonds is 3. The van der Waals surface area contributed by atoms with Crippen LogP contribution in [-0.2, 0) is 13.0 Å². The Morgan fingerprint density at radius 1 is 1.33 bits per heavy atom. The average molecular weight is 397 g/mol. The fraction of sp³-hybridized carbons (Fsp3) is 0.235. The second-order valence-corrected chi connectivity index (χ2v) is 6.27. The number of nitrogens with one attached hydrogen (secondary N) is 1. The molecule has 0 aromatic heterocycles. The van der Waals surface area contributed by atoms with E-state index < -0.39 is 5.82 Å². The van der Waals surface area contributed by atoms with Gasteiger partial charge in [0, 0.05) is 24.7 Å². The number of urea groups is 1. The molecule has 0 saturated carbocycles. The number of ether oxygens (including phenoxy) is 1. The lowest BCUT2D eigenvalue weighted by molar-refractivity contribution is 0.246. The molecule has 2 aromatic rings. The second-order valence-electron chi connectivity index (χ2n) is 5.42. The number of halogens is 3. The lowest BCUT2D eigenvalue weighted by Gasteiger charge is -2.18. The first-order valence-corrected chi connectivity index (χ1v) is 8.14. The predicted molar refractivity (Wildman–Crippen MR) is 90.3 cm³/mol. The molecule has 0 radical (unpaired) electrons. The number of methoxy groups -OCH3 is 1. The third-order valence-electron chi connectivity index (χ3n) is 3.90. The Kier molecular flexibility index (Phi) is 4.71. The van der Waals surface area contributed by atoms with E-state index in [9.17, 15) is 13.6 Å². The molecule has 1 N–H and O–H groups in total. The summed E-state index contributed by atoms with van der Waals surface area (Å²) in [6, 6.07) is 7.19. The highest BCUT2D eigenvalue weighted by Gasteiger charge is 2.27. The van der Waals surface area contributed by atoms with Gasteiger partial charge in [0.05, 0.1) is 17.3 Å². The van der Waals surface area contributed by atoms with Crippen LogP contribution in [0.15, 0.2) is 34.8 Å². The Balaban J connectivity index is 1.72. The molecule has 3 rings (SSSR count). The molecule has 2 aromatic carbocycles. The standard InChI is InChI=1S/C17H15BrF2N2O2/c1-24-12-7-10(6-11(19)8-12)9-21-17(23)22-5-4-13-15(22)3-2-14(18)16(13)20/h2-3,6-8H,4-5,9H2,1H3,(H,21,23). The van der Waals surface area contributed by atoms with Crippen molar-refractivity contribution in [1.29, 1.82) is 0 Å². The molecule has 1 heterocycles. The predicted octanol–water partition coefficient (Wildman–Crippen LogP) is 4.01. The Morgan fingerprint density at radius 3 is 2.88 bits per heavy atom. The number of nitrogens with zero attached hydrogens (tertiary/aromatic N) is 1. The summed E-state index contributed by atoms with van der Waals surface area (Å²) in [7, 11) is 1.45. The summed E-state index contributed by atoms with van der Waals surface area (Å²) in [5, 5.41) is 2.72. The topological polar surface area (TPSA) is 41.6 Å². The van der Waals surface area contributed by atoms with E-state index in [-0.39, 0.29) is 18.4 Å². The van der Waals surface area contributed by atoms with Gasteiger partial charge in [-0.15, -0.1) is 0 Å². The third kappa shape index (κ3) is 3.21. The molecular weight excluding hydrogens is 382 g/mol. The van der Waals surface area contributed by atoms with E-state index in [1.54, 1.807) is 18.2 Å². The van der Waals surface area contributed by atoms with E-state index in [0.29, 0.717) is 40.0 Å². The van der Waals surface area contributed by atoms with Crippen LogP contribution in [0.4, 0.5) is 19.3 Å². The van der Waals surface area contributed by atoms with Gasteiger partial charge in [0.15, 0.2) is 0 Å². The van der Waals surface area contributed by atoms with Crippen molar-refractivity contribution in [3.63, 3.8) is 0 Å². The van der Waals surface area contributed by atoms with Crippen LogP contribution in [0, 0.1) is 11.6 Å². The Bertz CT molecular complexity index is 798. The zero-order valence-electron chi connectivity index (χ0n) is 12.9. The highest BCUT2D eigenvalue weighted by atomic mass is 79.9. The lowest BCUT2D eigenvalue weighted by atomic mass is 10.1. The van der Waals surface area contributed by atoms with Gasteiger partial charge in [-0.1, -0.05) is 0 Å². The van der Waals surface area contributed by atoms with Crippen LogP contribution in [-0.4, -0.2) is 19.7 Å². The van der Waals surface area contributed by atoms with Crippen LogP contribution in [0.1, 0.15) is 11.1 Å². The molecule has 7 heteroatoms. The SMILES string of the molecule is COc1cc(F)cc(CNC(=O)N2CCc3c2ccc(Br)c3F)c1. The van der Waals surface area contributed by atoms with Crippen LogP contribution in [0.5, 0.6) is 5.75 Å². The zero-order chi connectivity index (χ0) is 17.3. The van der Waals surface area contributed by atoms with Gasteiger partial charge in [0.1, 0.15) is 17.4 Å². The van der Waals surface area contributed by atoms with Crippen LogP contribution in [0.2, 0.25) is 0 Å². The van der Waals surface area contributed by atoms with Gasteiger partial charge in [-0.2, -0.15) is 0 Å². The number of hydrogen-bond donors (Lipinski definition) is 1. The van der Waals surface area contributed by atoms with Gasteiger partial charge in [-0.05, 0) is 52.2 Å². The van der Waals surface area contributed by atoms with Crippen LogP contribution < -0.4 is 15.0 Å². The molecule has 0 unspecified atom stereocenters. The molecule has 1 aliphatic heterocycles. The Labute approximate surface area is 146 Å². The summed E-state index contributed by atoms with van der Waals surface area (Å²) in [6.45, 7) is 0.554.